The minimum Gasteiger partial charge on any atom is -0.494 e. The second kappa shape index (κ2) is 5.63. The predicted molar refractivity (Wildman–Crippen MR) is 72.5 cm³/mol. The van der Waals surface area contributed by atoms with Gasteiger partial charge in [0.15, 0.2) is 11.6 Å². The number of aromatic nitrogens is 2. The highest BCUT2D eigenvalue weighted by molar-refractivity contribution is 5.79. The van der Waals surface area contributed by atoms with Crippen molar-refractivity contribution >= 4 is 5.78 Å². The van der Waals surface area contributed by atoms with Crippen LogP contribution in [0.15, 0.2) is 22.7 Å². The molecule has 0 unspecified atom stereocenters. The van der Waals surface area contributed by atoms with Gasteiger partial charge in [0, 0.05) is 24.3 Å². The van der Waals surface area contributed by atoms with Crippen molar-refractivity contribution in [3.63, 3.8) is 0 Å². The SMILES string of the molecule is COc1cc(-c2noc(C3CCC(=O)CC3)n2)ccc1F. The van der Waals surface area contributed by atoms with Gasteiger partial charge in [0.2, 0.25) is 11.7 Å². The van der Waals surface area contributed by atoms with Crippen molar-refractivity contribution in [3.05, 3.63) is 29.9 Å². The Morgan fingerprint density at radius 2 is 2.10 bits per heavy atom. The number of halogens is 1. The zero-order chi connectivity index (χ0) is 14.8. The lowest BCUT2D eigenvalue weighted by atomic mass is 9.88. The highest BCUT2D eigenvalue weighted by Gasteiger charge is 2.25. The Hall–Kier alpha value is -2.24. The predicted octanol–water partition coefficient (Wildman–Crippen LogP) is 3.11. The summed E-state index contributed by atoms with van der Waals surface area (Å²) in [5, 5.41) is 3.94. The maximum Gasteiger partial charge on any atom is 0.230 e. The number of carbonyl (C=O) groups excluding carboxylic acids is 1. The molecule has 110 valence electrons. The van der Waals surface area contributed by atoms with Gasteiger partial charge < -0.3 is 9.26 Å². The van der Waals surface area contributed by atoms with E-state index in [0.29, 0.717) is 30.1 Å². The third-order valence-electron chi connectivity index (χ3n) is 3.74. The van der Waals surface area contributed by atoms with Crippen molar-refractivity contribution in [2.24, 2.45) is 0 Å². The Kier molecular flexibility index (Phi) is 3.68. The standard InChI is InChI=1S/C15H15FN2O3/c1-20-13-8-10(4-7-12(13)16)14-17-15(21-18-14)9-2-5-11(19)6-3-9/h4,7-9H,2-3,5-6H2,1H3. The number of rotatable bonds is 3. The largest absolute Gasteiger partial charge is 0.494 e. The number of hydrogen-bond donors (Lipinski definition) is 0. The molecule has 0 spiro atoms. The Morgan fingerprint density at radius 3 is 2.81 bits per heavy atom. The maximum absolute atomic E-state index is 13.4. The van der Waals surface area contributed by atoms with Crippen LogP contribution in [0.2, 0.25) is 0 Å². The number of nitrogens with zero attached hydrogens (tertiary/aromatic N) is 2. The molecule has 0 aliphatic heterocycles. The Bertz CT molecular complexity index is 659. The fourth-order valence-electron chi connectivity index (χ4n) is 2.50. The summed E-state index contributed by atoms with van der Waals surface area (Å²) in [4.78, 5) is 15.6. The molecule has 0 amide bonds. The van der Waals surface area contributed by atoms with Gasteiger partial charge in [0.25, 0.3) is 0 Å². The molecule has 1 aliphatic carbocycles. The minimum absolute atomic E-state index is 0.131. The number of carbonyl (C=O) groups is 1. The van der Waals surface area contributed by atoms with Gasteiger partial charge in [-0.2, -0.15) is 4.98 Å². The molecule has 1 fully saturated rings. The number of benzene rings is 1. The minimum atomic E-state index is -0.434. The van der Waals surface area contributed by atoms with E-state index in [2.05, 4.69) is 10.1 Å². The van der Waals surface area contributed by atoms with E-state index in [0.717, 1.165) is 12.8 Å². The topological polar surface area (TPSA) is 65.2 Å². The molecular formula is C15H15FN2O3. The van der Waals surface area contributed by atoms with Crippen molar-refractivity contribution in [2.75, 3.05) is 7.11 Å². The summed E-state index contributed by atoms with van der Waals surface area (Å²) in [6.45, 7) is 0. The van der Waals surface area contributed by atoms with Gasteiger partial charge in [-0.3, -0.25) is 4.79 Å². The lowest BCUT2D eigenvalue weighted by molar-refractivity contribution is -0.120. The molecule has 3 rings (SSSR count). The third-order valence-corrected chi connectivity index (χ3v) is 3.74. The molecule has 0 atom stereocenters. The lowest BCUT2D eigenvalue weighted by Crippen LogP contribution is -2.12. The van der Waals surface area contributed by atoms with E-state index >= 15 is 0 Å². The van der Waals surface area contributed by atoms with E-state index in [1.54, 1.807) is 6.07 Å². The smallest absolute Gasteiger partial charge is 0.230 e. The molecule has 2 aromatic rings. The highest BCUT2D eigenvalue weighted by Crippen LogP contribution is 2.32. The van der Waals surface area contributed by atoms with Crippen LogP contribution < -0.4 is 4.74 Å². The molecule has 0 bridgehead atoms. The van der Waals surface area contributed by atoms with Crippen molar-refractivity contribution in [1.29, 1.82) is 0 Å². The molecule has 1 aromatic heterocycles. The average Bonchev–Trinajstić information content (AvgIpc) is 2.98. The molecule has 1 aliphatic rings. The van der Waals surface area contributed by atoms with E-state index in [-0.39, 0.29) is 17.5 Å². The highest BCUT2D eigenvalue weighted by atomic mass is 19.1. The van der Waals surface area contributed by atoms with E-state index in [1.807, 2.05) is 0 Å². The number of ketones is 1. The van der Waals surface area contributed by atoms with Gasteiger partial charge in [-0.15, -0.1) is 0 Å². The summed E-state index contributed by atoms with van der Waals surface area (Å²) >= 11 is 0. The molecule has 0 saturated heterocycles. The molecule has 1 heterocycles. The Labute approximate surface area is 121 Å². The van der Waals surface area contributed by atoms with Crippen LogP contribution in [0.5, 0.6) is 5.75 Å². The molecule has 0 N–H and O–H groups in total. The molecule has 1 aromatic carbocycles. The Balaban J connectivity index is 1.83. The fraction of sp³-hybridized carbons (Fsp3) is 0.400. The van der Waals surface area contributed by atoms with Gasteiger partial charge in [0.1, 0.15) is 5.78 Å². The van der Waals surface area contributed by atoms with Crippen LogP contribution in [0.1, 0.15) is 37.5 Å². The number of Topliss-reactive ketones (excluding diaryl/α,β-unsaturated/α-hetero) is 1. The third kappa shape index (κ3) is 2.79. The fourth-order valence-corrected chi connectivity index (χ4v) is 2.50. The normalized spacial score (nSPS) is 16.2. The van der Waals surface area contributed by atoms with Crippen LogP contribution in [0.25, 0.3) is 11.4 Å². The summed E-state index contributed by atoms with van der Waals surface area (Å²) in [5.41, 5.74) is 0.634. The summed E-state index contributed by atoms with van der Waals surface area (Å²) in [6, 6.07) is 4.43. The summed E-state index contributed by atoms with van der Waals surface area (Å²) in [7, 11) is 1.41. The van der Waals surface area contributed by atoms with Gasteiger partial charge in [-0.1, -0.05) is 5.16 Å². The molecule has 5 nitrogen and oxygen atoms in total. The first kappa shape index (κ1) is 13.7. The van der Waals surface area contributed by atoms with Crippen LogP contribution in [-0.4, -0.2) is 23.0 Å². The van der Waals surface area contributed by atoms with Crippen molar-refractivity contribution < 1.29 is 18.4 Å². The number of methoxy groups -OCH3 is 1. The van der Waals surface area contributed by atoms with E-state index in [1.165, 1.54) is 19.2 Å². The number of hydrogen-bond acceptors (Lipinski definition) is 5. The van der Waals surface area contributed by atoms with Crippen LogP contribution in [0.3, 0.4) is 0 Å². The lowest BCUT2D eigenvalue weighted by Gasteiger charge is -2.16. The van der Waals surface area contributed by atoms with Crippen LogP contribution in [-0.2, 0) is 4.79 Å². The Morgan fingerprint density at radius 1 is 1.33 bits per heavy atom. The summed E-state index contributed by atoms with van der Waals surface area (Å²) < 4.78 is 23.6. The molecule has 1 saturated carbocycles. The van der Waals surface area contributed by atoms with E-state index in [4.69, 9.17) is 9.26 Å². The van der Waals surface area contributed by atoms with Crippen LogP contribution >= 0.6 is 0 Å². The molecule has 0 radical (unpaired) electrons. The van der Waals surface area contributed by atoms with E-state index in [9.17, 15) is 9.18 Å². The van der Waals surface area contributed by atoms with Crippen molar-refractivity contribution in [3.8, 4) is 17.1 Å². The first-order valence-electron chi connectivity index (χ1n) is 6.86. The quantitative estimate of drug-likeness (QED) is 0.869. The number of ether oxygens (including phenoxy) is 1. The zero-order valence-electron chi connectivity index (χ0n) is 11.6. The van der Waals surface area contributed by atoms with Gasteiger partial charge >= 0.3 is 0 Å². The van der Waals surface area contributed by atoms with Crippen LogP contribution in [0.4, 0.5) is 4.39 Å². The van der Waals surface area contributed by atoms with Crippen LogP contribution in [0, 0.1) is 5.82 Å². The molecular weight excluding hydrogens is 275 g/mol. The van der Waals surface area contributed by atoms with Gasteiger partial charge in [-0.05, 0) is 31.0 Å². The summed E-state index contributed by atoms with van der Waals surface area (Å²) in [6.07, 6.45) is 2.61. The second-order valence-corrected chi connectivity index (χ2v) is 5.12. The molecule has 6 heteroatoms. The van der Waals surface area contributed by atoms with E-state index < -0.39 is 5.82 Å². The molecule has 21 heavy (non-hydrogen) atoms. The maximum atomic E-state index is 13.4. The first-order valence-corrected chi connectivity index (χ1v) is 6.86. The zero-order valence-corrected chi connectivity index (χ0v) is 11.6. The van der Waals surface area contributed by atoms with Crippen molar-refractivity contribution in [2.45, 2.75) is 31.6 Å². The monoisotopic (exact) mass is 290 g/mol. The van der Waals surface area contributed by atoms with Crippen molar-refractivity contribution in [1.82, 2.24) is 10.1 Å². The average molecular weight is 290 g/mol. The summed E-state index contributed by atoms with van der Waals surface area (Å²) in [5.74, 6) is 1.07. The van der Waals surface area contributed by atoms with Gasteiger partial charge in [0.05, 0.1) is 7.11 Å². The van der Waals surface area contributed by atoms with Gasteiger partial charge in [-0.25, -0.2) is 4.39 Å². The first-order chi connectivity index (χ1) is 10.2. The second-order valence-electron chi connectivity index (χ2n) is 5.12.